The van der Waals surface area contributed by atoms with Gasteiger partial charge in [-0.3, -0.25) is 4.79 Å². The van der Waals surface area contributed by atoms with Crippen molar-refractivity contribution in [2.45, 2.75) is 27.3 Å². The summed E-state index contributed by atoms with van der Waals surface area (Å²) in [6.45, 7) is 14.1. The van der Waals surface area contributed by atoms with Gasteiger partial charge in [-0.05, 0) is 30.7 Å². The molecule has 4 heteroatoms. The molecule has 0 bridgehead atoms. The van der Waals surface area contributed by atoms with Crippen molar-refractivity contribution in [3.63, 3.8) is 0 Å². The van der Waals surface area contributed by atoms with Gasteiger partial charge in [-0.25, -0.2) is 4.98 Å². The number of allylic oxidation sites excluding steroid dienone is 4. The number of hydrogen-bond donors (Lipinski definition) is 0. The molecule has 0 aliphatic rings. The minimum Gasteiger partial charge on any atom is -0.319 e. The molecule has 0 saturated heterocycles. The van der Waals surface area contributed by atoms with Crippen LogP contribution in [-0.4, -0.2) is 14.1 Å². The van der Waals surface area contributed by atoms with Crippen LogP contribution >= 0.6 is 0 Å². The predicted molar refractivity (Wildman–Crippen MR) is 115 cm³/mol. The number of aromatic nitrogens is 3. The molecule has 0 unspecified atom stereocenters. The Morgan fingerprint density at radius 1 is 1.22 bits per heavy atom. The van der Waals surface area contributed by atoms with Crippen LogP contribution in [-0.2, 0) is 13.6 Å². The largest absolute Gasteiger partial charge is 0.319 e. The predicted octanol–water partition coefficient (Wildman–Crippen LogP) is 5.04. The summed E-state index contributed by atoms with van der Waals surface area (Å²) in [5.41, 5.74) is 4.62. The maximum absolute atomic E-state index is 12.0. The number of hydrogen-bond acceptors (Lipinski definition) is 2. The number of benzene rings is 1. The van der Waals surface area contributed by atoms with Crippen LogP contribution in [0.4, 0.5) is 0 Å². The number of rotatable bonds is 5. The lowest BCUT2D eigenvalue weighted by molar-refractivity contribution is 0.819. The van der Waals surface area contributed by atoms with Gasteiger partial charge in [0.15, 0.2) is 0 Å². The first-order valence-electron chi connectivity index (χ1n) is 9.12. The summed E-state index contributed by atoms with van der Waals surface area (Å²) >= 11 is 0. The van der Waals surface area contributed by atoms with Crippen LogP contribution in [0.25, 0.3) is 22.4 Å². The highest BCUT2D eigenvalue weighted by Crippen LogP contribution is 2.26. The third-order valence-corrected chi connectivity index (χ3v) is 4.21. The minimum absolute atomic E-state index is 0.00439. The average molecular weight is 361 g/mol. The van der Waals surface area contributed by atoms with Crippen LogP contribution in [0.1, 0.15) is 19.4 Å². The minimum atomic E-state index is 0.00439. The fourth-order valence-corrected chi connectivity index (χ4v) is 2.98. The first kappa shape index (κ1) is 20.2. The van der Waals surface area contributed by atoms with Crippen molar-refractivity contribution in [3.05, 3.63) is 89.4 Å². The van der Waals surface area contributed by atoms with E-state index >= 15 is 0 Å². The van der Waals surface area contributed by atoms with E-state index in [1.165, 1.54) is 0 Å². The van der Waals surface area contributed by atoms with Gasteiger partial charge in [0.05, 0.1) is 11.0 Å². The van der Waals surface area contributed by atoms with Crippen molar-refractivity contribution in [3.8, 4) is 11.4 Å². The van der Waals surface area contributed by atoms with Gasteiger partial charge in [0.2, 0.25) is 0 Å². The van der Waals surface area contributed by atoms with Gasteiger partial charge in [0.25, 0.3) is 5.56 Å². The molecule has 140 valence electrons. The molecular weight excluding hydrogens is 334 g/mol. The molecule has 0 spiro atoms. The zero-order valence-corrected chi connectivity index (χ0v) is 16.6. The molecule has 0 fully saturated rings. The summed E-state index contributed by atoms with van der Waals surface area (Å²) < 4.78 is 3.74. The monoisotopic (exact) mass is 361 g/mol. The highest BCUT2D eigenvalue weighted by atomic mass is 16.1. The van der Waals surface area contributed by atoms with Crippen LogP contribution in [0.15, 0.2) is 78.3 Å². The van der Waals surface area contributed by atoms with Crippen LogP contribution < -0.4 is 5.56 Å². The van der Waals surface area contributed by atoms with Crippen molar-refractivity contribution in [2.75, 3.05) is 0 Å². The second-order valence-corrected chi connectivity index (χ2v) is 6.02. The summed E-state index contributed by atoms with van der Waals surface area (Å²) in [5.74, 6) is 0.830. The van der Waals surface area contributed by atoms with Crippen LogP contribution in [0.3, 0.4) is 0 Å². The van der Waals surface area contributed by atoms with Crippen molar-refractivity contribution in [1.29, 1.82) is 0 Å². The van der Waals surface area contributed by atoms with E-state index in [0.29, 0.717) is 12.1 Å². The average Bonchev–Trinajstić information content (AvgIpc) is 3.05. The molecule has 1 aromatic carbocycles. The van der Waals surface area contributed by atoms with Crippen LogP contribution in [0.5, 0.6) is 0 Å². The van der Waals surface area contributed by atoms with E-state index in [0.717, 1.165) is 28.0 Å². The van der Waals surface area contributed by atoms with E-state index in [9.17, 15) is 4.79 Å². The second-order valence-electron chi connectivity index (χ2n) is 6.02. The molecule has 3 rings (SSSR count). The Morgan fingerprint density at radius 2 is 1.93 bits per heavy atom. The highest BCUT2D eigenvalue weighted by molar-refractivity contribution is 5.80. The fourth-order valence-electron chi connectivity index (χ4n) is 2.98. The molecule has 0 atom stereocenters. The number of para-hydroxylation sites is 2. The standard InChI is InChI=1S/C21H21N3O.C2H6/c1-5-9-16(6-2)13-24-19-11-8-7-10-18(19)22-20(24)17-12-15(3)21(25)23(4)14-17;1-2/h5-12,14H,1-2,13H2,3-4H3;1-2H3/b16-9+;. The molecule has 3 aromatic rings. The van der Waals surface area contributed by atoms with E-state index < -0.39 is 0 Å². The molecule has 0 aliphatic carbocycles. The molecule has 2 aromatic heterocycles. The third kappa shape index (κ3) is 4.17. The van der Waals surface area contributed by atoms with E-state index in [1.807, 2.05) is 63.4 Å². The highest BCUT2D eigenvalue weighted by Gasteiger charge is 2.14. The summed E-state index contributed by atoms with van der Waals surface area (Å²) in [4.78, 5) is 16.8. The Morgan fingerprint density at radius 3 is 2.56 bits per heavy atom. The first-order chi connectivity index (χ1) is 13.0. The number of pyridine rings is 1. The fraction of sp³-hybridized carbons (Fsp3) is 0.217. The summed E-state index contributed by atoms with van der Waals surface area (Å²) in [5, 5.41) is 0. The van der Waals surface area contributed by atoms with E-state index in [-0.39, 0.29) is 5.56 Å². The van der Waals surface area contributed by atoms with Crippen molar-refractivity contribution in [2.24, 2.45) is 7.05 Å². The van der Waals surface area contributed by atoms with Gasteiger partial charge in [-0.1, -0.05) is 57.4 Å². The van der Waals surface area contributed by atoms with Gasteiger partial charge in [-0.15, -0.1) is 0 Å². The molecule has 0 saturated carbocycles. The molecule has 0 N–H and O–H groups in total. The van der Waals surface area contributed by atoms with Gasteiger partial charge in [-0.2, -0.15) is 0 Å². The number of nitrogens with zero attached hydrogens (tertiary/aromatic N) is 3. The van der Waals surface area contributed by atoms with Crippen LogP contribution in [0.2, 0.25) is 0 Å². The molecule has 4 nitrogen and oxygen atoms in total. The lowest BCUT2D eigenvalue weighted by Gasteiger charge is -2.11. The lowest BCUT2D eigenvalue weighted by atomic mass is 10.2. The maximum Gasteiger partial charge on any atom is 0.253 e. The lowest BCUT2D eigenvalue weighted by Crippen LogP contribution is -2.18. The van der Waals surface area contributed by atoms with Crippen LogP contribution in [0, 0.1) is 6.92 Å². The zero-order chi connectivity index (χ0) is 20.0. The van der Waals surface area contributed by atoms with Crippen molar-refractivity contribution >= 4 is 11.0 Å². The van der Waals surface area contributed by atoms with E-state index in [2.05, 4.69) is 23.8 Å². The quantitative estimate of drug-likeness (QED) is 0.598. The SMILES string of the molecule is C=C/C=C(\C=C)Cn1c(-c2cc(C)c(=O)n(C)c2)nc2ccccc21.CC. The topological polar surface area (TPSA) is 39.8 Å². The van der Waals surface area contributed by atoms with Crippen molar-refractivity contribution < 1.29 is 0 Å². The van der Waals surface area contributed by atoms with Gasteiger partial charge in [0, 0.05) is 30.9 Å². The third-order valence-electron chi connectivity index (χ3n) is 4.21. The summed E-state index contributed by atoms with van der Waals surface area (Å²) in [6.07, 6.45) is 7.35. The Bertz CT molecular complexity index is 1020. The number of imidazole rings is 1. The second kappa shape index (κ2) is 8.99. The molecule has 27 heavy (non-hydrogen) atoms. The molecule has 0 radical (unpaired) electrons. The Labute approximate surface area is 160 Å². The first-order valence-corrected chi connectivity index (χ1v) is 9.12. The molecule has 0 aliphatic heterocycles. The van der Waals surface area contributed by atoms with E-state index in [4.69, 9.17) is 4.98 Å². The maximum atomic E-state index is 12.0. The molecule has 2 heterocycles. The van der Waals surface area contributed by atoms with Gasteiger partial charge >= 0.3 is 0 Å². The number of fused-ring (bicyclic) bond motifs is 1. The smallest absolute Gasteiger partial charge is 0.253 e. The zero-order valence-electron chi connectivity index (χ0n) is 16.6. The van der Waals surface area contributed by atoms with E-state index in [1.54, 1.807) is 17.7 Å². The normalized spacial score (nSPS) is 11.0. The number of aryl methyl sites for hydroxylation is 2. The summed E-state index contributed by atoms with van der Waals surface area (Å²) in [7, 11) is 1.76. The Balaban J connectivity index is 0.00000126. The summed E-state index contributed by atoms with van der Waals surface area (Å²) in [6, 6.07) is 9.92. The van der Waals surface area contributed by atoms with Gasteiger partial charge < -0.3 is 9.13 Å². The molecular formula is C23H27N3O. The Hall–Kier alpha value is -3.14. The Kier molecular flexibility index (Phi) is 6.72. The van der Waals surface area contributed by atoms with Gasteiger partial charge in [0.1, 0.15) is 5.82 Å². The van der Waals surface area contributed by atoms with Crippen molar-refractivity contribution in [1.82, 2.24) is 14.1 Å². The molecule has 0 amide bonds.